The zero-order valence-corrected chi connectivity index (χ0v) is 12.7. The van der Waals surface area contributed by atoms with Crippen LogP contribution in [0.15, 0.2) is 42.5 Å². The lowest BCUT2D eigenvalue weighted by molar-refractivity contribution is 0.0687. The van der Waals surface area contributed by atoms with Gasteiger partial charge in [-0.2, -0.15) is 0 Å². The van der Waals surface area contributed by atoms with Crippen molar-refractivity contribution in [1.82, 2.24) is 15.4 Å². The van der Waals surface area contributed by atoms with Gasteiger partial charge in [0.05, 0.1) is 0 Å². The van der Waals surface area contributed by atoms with E-state index in [2.05, 4.69) is 47.5 Å². The Morgan fingerprint density at radius 1 is 1.13 bits per heavy atom. The third-order valence-corrected chi connectivity index (χ3v) is 3.49. The van der Waals surface area contributed by atoms with Gasteiger partial charge in [-0.15, -0.1) is 0 Å². The fourth-order valence-corrected chi connectivity index (χ4v) is 2.38. The van der Waals surface area contributed by atoms with Gasteiger partial charge in [-0.05, 0) is 42.7 Å². The summed E-state index contributed by atoms with van der Waals surface area (Å²) in [4.78, 5) is 11.0. The fraction of sp³-hybridized carbons (Fsp3) is 0.118. The number of nitrogens with one attached hydrogen (secondary N) is 1. The van der Waals surface area contributed by atoms with Gasteiger partial charge in [-0.3, -0.25) is 0 Å². The number of benzene rings is 2. The number of hydrogen-bond acceptors (Lipinski definition) is 4. The maximum absolute atomic E-state index is 11.0. The summed E-state index contributed by atoms with van der Waals surface area (Å²) in [6, 6.07) is 13.7. The molecule has 0 amide bonds. The maximum atomic E-state index is 11.0. The zero-order chi connectivity index (χ0) is 16.4. The molecule has 2 N–H and O–H groups in total. The van der Waals surface area contributed by atoms with Crippen molar-refractivity contribution in [2.24, 2.45) is 0 Å². The minimum Gasteiger partial charge on any atom is -0.476 e. The van der Waals surface area contributed by atoms with Gasteiger partial charge < -0.3 is 9.84 Å². The molecule has 6 nitrogen and oxygen atoms in total. The molecule has 0 fully saturated rings. The molecule has 0 aliphatic heterocycles. The average Bonchev–Trinajstić information content (AvgIpc) is 2.97. The number of aromatic carboxylic acids is 1. The van der Waals surface area contributed by atoms with Gasteiger partial charge in [0.2, 0.25) is 5.69 Å². The molecule has 0 saturated carbocycles. The molecule has 1 heterocycles. The summed E-state index contributed by atoms with van der Waals surface area (Å²) in [6.07, 6.45) is 0. The molecule has 0 aliphatic carbocycles. The van der Waals surface area contributed by atoms with E-state index in [0.717, 1.165) is 11.1 Å². The van der Waals surface area contributed by atoms with Crippen molar-refractivity contribution in [3.05, 3.63) is 59.3 Å². The Labute approximate surface area is 132 Å². The SMILES string of the molecule is Cc1ccc(-c2ccc(Oc3nn[nH]c3C(=O)O)cc2)c(C)c1. The Balaban J connectivity index is 1.85. The van der Waals surface area contributed by atoms with Crippen molar-refractivity contribution in [1.29, 1.82) is 0 Å². The largest absolute Gasteiger partial charge is 0.476 e. The second-order valence-corrected chi connectivity index (χ2v) is 5.24. The van der Waals surface area contributed by atoms with Crippen LogP contribution in [-0.2, 0) is 0 Å². The first-order valence-corrected chi connectivity index (χ1v) is 7.04. The lowest BCUT2D eigenvalue weighted by Gasteiger charge is -2.08. The van der Waals surface area contributed by atoms with Crippen molar-refractivity contribution in [2.75, 3.05) is 0 Å². The van der Waals surface area contributed by atoms with E-state index in [4.69, 9.17) is 9.84 Å². The molecular formula is C17H15N3O3. The first-order valence-electron chi connectivity index (χ1n) is 7.04. The highest BCUT2D eigenvalue weighted by Gasteiger charge is 2.16. The quantitative estimate of drug-likeness (QED) is 0.769. The predicted molar refractivity (Wildman–Crippen MR) is 84.8 cm³/mol. The van der Waals surface area contributed by atoms with Crippen LogP contribution in [0.3, 0.4) is 0 Å². The zero-order valence-electron chi connectivity index (χ0n) is 12.7. The summed E-state index contributed by atoms with van der Waals surface area (Å²) in [5.74, 6) is -0.733. The topological polar surface area (TPSA) is 88.1 Å². The van der Waals surface area contributed by atoms with E-state index in [9.17, 15) is 4.79 Å². The van der Waals surface area contributed by atoms with E-state index >= 15 is 0 Å². The van der Waals surface area contributed by atoms with Crippen LogP contribution >= 0.6 is 0 Å². The number of carboxylic acid groups (broad SMARTS) is 1. The van der Waals surface area contributed by atoms with Gasteiger partial charge in [0.1, 0.15) is 5.75 Å². The standard InChI is InChI=1S/C17H15N3O3/c1-10-3-8-14(11(2)9-10)12-4-6-13(7-5-12)23-16-15(17(21)22)18-20-19-16/h3-9H,1-2H3,(H,21,22)(H,18,19,20). The first-order chi connectivity index (χ1) is 11.0. The summed E-state index contributed by atoms with van der Waals surface area (Å²) in [5.41, 5.74) is 4.45. The lowest BCUT2D eigenvalue weighted by atomic mass is 9.99. The van der Waals surface area contributed by atoms with E-state index in [1.807, 2.05) is 12.1 Å². The smallest absolute Gasteiger partial charge is 0.359 e. The molecule has 0 radical (unpaired) electrons. The molecule has 116 valence electrons. The summed E-state index contributed by atoms with van der Waals surface area (Å²) in [7, 11) is 0. The predicted octanol–water partition coefficient (Wildman–Crippen LogP) is 3.58. The van der Waals surface area contributed by atoms with Crippen molar-refractivity contribution in [3.8, 4) is 22.8 Å². The summed E-state index contributed by atoms with van der Waals surface area (Å²) in [5, 5.41) is 18.3. The minimum absolute atomic E-state index is 0.0585. The molecule has 2 aromatic carbocycles. The fourth-order valence-electron chi connectivity index (χ4n) is 2.38. The van der Waals surface area contributed by atoms with Gasteiger partial charge in [-0.1, -0.05) is 46.2 Å². The highest BCUT2D eigenvalue weighted by molar-refractivity contribution is 5.87. The Morgan fingerprint density at radius 3 is 2.52 bits per heavy atom. The maximum Gasteiger partial charge on any atom is 0.359 e. The second-order valence-electron chi connectivity index (χ2n) is 5.24. The third-order valence-electron chi connectivity index (χ3n) is 3.49. The van der Waals surface area contributed by atoms with Gasteiger partial charge >= 0.3 is 5.97 Å². The van der Waals surface area contributed by atoms with Crippen molar-refractivity contribution >= 4 is 5.97 Å². The molecule has 0 aliphatic rings. The number of carboxylic acids is 1. The molecule has 3 rings (SSSR count). The van der Waals surface area contributed by atoms with Crippen molar-refractivity contribution in [3.63, 3.8) is 0 Å². The van der Waals surface area contributed by atoms with Crippen LogP contribution in [0, 0.1) is 13.8 Å². The number of hydrogen-bond donors (Lipinski definition) is 2. The van der Waals surface area contributed by atoms with Crippen LogP contribution in [0.2, 0.25) is 0 Å². The van der Waals surface area contributed by atoms with Gasteiger partial charge in [-0.25, -0.2) is 9.89 Å². The molecular weight excluding hydrogens is 294 g/mol. The normalized spacial score (nSPS) is 10.5. The molecule has 3 aromatic rings. The number of aromatic amines is 1. The molecule has 0 atom stereocenters. The number of aromatic nitrogens is 3. The van der Waals surface area contributed by atoms with E-state index in [1.165, 1.54) is 11.1 Å². The van der Waals surface area contributed by atoms with E-state index in [-0.39, 0.29) is 11.6 Å². The Morgan fingerprint density at radius 2 is 1.87 bits per heavy atom. The van der Waals surface area contributed by atoms with Crippen LogP contribution in [0.1, 0.15) is 21.6 Å². The van der Waals surface area contributed by atoms with Crippen LogP contribution in [0.5, 0.6) is 11.6 Å². The van der Waals surface area contributed by atoms with Crippen LogP contribution < -0.4 is 4.74 Å². The Kier molecular flexibility index (Phi) is 3.80. The van der Waals surface area contributed by atoms with Crippen LogP contribution in [0.25, 0.3) is 11.1 Å². The van der Waals surface area contributed by atoms with E-state index < -0.39 is 5.97 Å². The summed E-state index contributed by atoms with van der Waals surface area (Å²) >= 11 is 0. The minimum atomic E-state index is -1.17. The van der Waals surface area contributed by atoms with Crippen molar-refractivity contribution < 1.29 is 14.6 Å². The highest BCUT2D eigenvalue weighted by atomic mass is 16.5. The van der Waals surface area contributed by atoms with E-state index in [1.54, 1.807) is 12.1 Å². The number of H-pyrrole nitrogens is 1. The molecule has 23 heavy (non-hydrogen) atoms. The molecule has 0 saturated heterocycles. The lowest BCUT2D eigenvalue weighted by Crippen LogP contribution is -1.99. The Bertz CT molecular complexity index is 854. The third kappa shape index (κ3) is 3.06. The number of ether oxygens (including phenoxy) is 1. The van der Waals surface area contributed by atoms with Crippen LogP contribution in [0.4, 0.5) is 0 Å². The highest BCUT2D eigenvalue weighted by Crippen LogP contribution is 2.28. The van der Waals surface area contributed by atoms with Gasteiger partial charge in [0, 0.05) is 0 Å². The van der Waals surface area contributed by atoms with Gasteiger partial charge in [0.15, 0.2) is 0 Å². The first kappa shape index (κ1) is 14.8. The Hall–Kier alpha value is -3.15. The summed E-state index contributed by atoms with van der Waals surface area (Å²) in [6.45, 7) is 4.13. The van der Waals surface area contributed by atoms with E-state index in [0.29, 0.717) is 5.75 Å². The average molecular weight is 309 g/mol. The molecule has 6 heteroatoms. The number of rotatable bonds is 4. The monoisotopic (exact) mass is 309 g/mol. The molecule has 0 unspecified atom stereocenters. The van der Waals surface area contributed by atoms with Crippen LogP contribution in [-0.4, -0.2) is 26.5 Å². The summed E-state index contributed by atoms with van der Waals surface area (Å²) < 4.78 is 5.47. The molecule has 0 spiro atoms. The number of aryl methyl sites for hydroxylation is 2. The van der Waals surface area contributed by atoms with Gasteiger partial charge in [0.25, 0.3) is 5.88 Å². The number of carbonyl (C=O) groups is 1. The second kappa shape index (κ2) is 5.92. The molecule has 0 bridgehead atoms. The number of nitrogens with zero attached hydrogens (tertiary/aromatic N) is 2. The van der Waals surface area contributed by atoms with Crippen molar-refractivity contribution in [2.45, 2.75) is 13.8 Å². The molecule has 1 aromatic heterocycles.